The summed E-state index contributed by atoms with van der Waals surface area (Å²) in [6.07, 6.45) is -4.78. The molecule has 0 saturated carbocycles. The number of halogens is 3. The van der Waals surface area contributed by atoms with Gasteiger partial charge in [-0.05, 0) is 20.8 Å². The summed E-state index contributed by atoms with van der Waals surface area (Å²) in [6, 6.07) is 1.46. The van der Waals surface area contributed by atoms with E-state index in [1.807, 2.05) is 0 Å². The lowest BCUT2D eigenvalue weighted by Gasteiger charge is -2.21. The van der Waals surface area contributed by atoms with Gasteiger partial charge in [0.05, 0.1) is 18.1 Å². The van der Waals surface area contributed by atoms with Crippen LogP contribution in [0.25, 0.3) is 0 Å². The van der Waals surface area contributed by atoms with Crippen molar-refractivity contribution in [1.29, 1.82) is 5.26 Å². The van der Waals surface area contributed by atoms with Gasteiger partial charge >= 0.3 is 12.1 Å². The molecular weight excluding hydrogens is 259 g/mol. The molecule has 0 spiro atoms. The average molecular weight is 275 g/mol. The quantitative estimate of drug-likeness (QED) is 0.447. The second kappa shape index (κ2) is 6.41. The second-order valence-electron chi connectivity index (χ2n) is 4.82. The van der Waals surface area contributed by atoms with Gasteiger partial charge in [-0.15, -0.1) is 6.58 Å². The molecule has 0 radical (unpaired) electrons. The van der Waals surface area contributed by atoms with Crippen LogP contribution >= 0.6 is 0 Å². The molecule has 0 aromatic rings. The fourth-order valence-electron chi connectivity index (χ4n) is 1.28. The van der Waals surface area contributed by atoms with Gasteiger partial charge < -0.3 is 4.74 Å². The van der Waals surface area contributed by atoms with Gasteiger partial charge in [-0.2, -0.15) is 18.4 Å². The fourth-order valence-corrected chi connectivity index (χ4v) is 1.28. The normalized spacial score (nSPS) is 13.3. The largest absolute Gasteiger partial charge is 0.460 e. The summed E-state index contributed by atoms with van der Waals surface area (Å²) in [5, 5.41) is 8.73. The smallest absolute Gasteiger partial charge is 0.414 e. The van der Waals surface area contributed by atoms with E-state index in [9.17, 15) is 18.0 Å². The van der Waals surface area contributed by atoms with Gasteiger partial charge in [0.2, 0.25) is 0 Å². The first-order chi connectivity index (χ1) is 8.51. The van der Waals surface area contributed by atoms with Crippen LogP contribution in [0.3, 0.4) is 0 Å². The molecular formula is C13H16F3NO2. The first-order valence-corrected chi connectivity index (χ1v) is 5.53. The molecule has 0 heterocycles. The molecule has 0 aromatic carbocycles. The van der Waals surface area contributed by atoms with E-state index < -0.39 is 35.3 Å². The highest BCUT2D eigenvalue weighted by molar-refractivity contribution is 5.74. The summed E-state index contributed by atoms with van der Waals surface area (Å²) in [5.74, 6) is -1.02. The van der Waals surface area contributed by atoms with Crippen molar-refractivity contribution < 1.29 is 22.7 Å². The Morgan fingerprint density at radius 3 is 2.21 bits per heavy atom. The van der Waals surface area contributed by atoms with Gasteiger partial charge in [0.1, 0.15) is 5.60 Å². The summed E-state index contributed by atoms with van der Waals surface area (Å²) in [7, 11) is 0. The molecule has 0 unspecified atom stereocenters. The van der Waals surface area contributed by atoms with Crippen molar-refractivity contribution in [1.82, 2.24) is 0 Å². The van der Waals surface area contributed by atoms with Gasteiger partial charge in [0, 0.05) is 12.0 Å². The Morgan fingerprint density at radius 1 is 1.37 bits per heavy atom. The molecule has 0 aliphatic heterocycles. The molecule has 0 amide bonds. The Kier molecular flexibility index (Phi) is 5.81. The Balaban J connectivity index is 5.28. The van der Waals surface area contributed by atoms with Crippen LogP contribution in [0.5, 0.6) is 0 Å². The summed E-state index contributed by atoms with van der Waals surface area (Å²) >= 11 is 0. The SMILES string of the molecule is C=CC/C(C#N)=C(\CC(=O)OC(C)(C)C)C(F)(F)F. The van der Waals surface area contributed by atoms with E-state index in [1.54, 1.807) is 20.8 Å². The zero-order valence-corrected chi connectivity index (χ0v) is 11.1. The Labute approximate surface area is 110 Å². The number of carbonyl (C=O) groups excluding carboxylic acids is 1. The number of allylic oxidation sites excluding steroid dienone is 2. The maximum Gasteiger partial charge on any atom is 0.414 e. The monoisotopic (exact) mass is 275 g/mol. The van der Waals surface area contributed by atoms with Gasteiger partial charge in [0.15, 0.2) is 0 Å². The number of rotatable bonds is 4. The van der Waals surface area contributed by atoms with Crippen molar-refractivity contribution in [2.75, 3.05) is 0 Å². The van der Waals surface area contributed by atoms with Gasteiger partial charge in [-0.3, -0.25) is 4.79 Å². The van der Waals surface area contributed by atoms with Crippen LogP contribution in [0.15, 0.2) is 23.8 Å². The number of nitriles is 1. The molecule has 6 heteroatoms. The third-order valence-corrected chi connectivity index (χ3v) is 1.93. The van der Waals surface area contributed by atoms with E-state index in [2.05, 4.69) is 6.58 Å². The van der Waals surface area contributed by atoms with Gasteiger partial charge in [-0.1, -0.05) is 6.08 Å². The molecule has 0 fully saturated rings. The molecule has 106 valence electrons. The Hall–Kier alpha value is -1.77. The highest BCUT2D eigenvalue weighted by atomic mass is 19.4. The molecule has 0 aromatic heterocycles. The lowest BCUT2D eigenvalue weighted by Crippen LogP contribution is -2.26. The molecule has 0 bridgehead atoms. The molecule has 0 atom stereocenters. The molecule has 3 nitrogen and oxygen atoms in total. The van der Waals surface area contributed by atoms with Crippen molar-refractivity contribution in [3.8, 4) is 6.07 Å². The van der Waals surface area contributed by atoms with Crippen LogP contribution in [0.4, 0.5) is 13.2 Å². The topological polar surface area (TPSA) is 50.1 Å². The predicted octanol–water partition coefficient (Wildman–Crippen LogP) is 3.68. The minimum atomic E-state index is -4.75. The first-order valence-electron chi connectivity index (χ1n) is 5.53. The van der Waals surface area contributed by atoms with Crippen LogP contribution in [-0.2, 0) is 9.53 Å². The molecule has 0 aliphatic carbocycles. The van der Waals surface area contributed by atoms with Gasteiger partial charge in [-0.25, -0.2) is 0 Å². The maximum atomic E-state index is 12.8. The van der Waals surface area contributed by atoms with Crippen LogP contribution < -0.4 is 0 Å². The molecule has 0 rings (SSSR count). The number of alkyl halides is 3. The Bertz CT molecular complexity index is 423. The highest BCUT2D eigenvalue weighted by Gasteiger charge is 2.38. The lowest BCUT2D eigenvalue weighted by molar-refractivity contribution is -0.156. The van der Waals surface area contributed by atoms with E-state index in [0.29, 0.717) is 0 Å². The summed E-state index contributed by atoms with van der Waals surface area (Å²) in [5.41, 5.74) is -2.57. The van der Waals surface area contributed by atoms with E-state index in [1.165, 1.54) is 12.1 Å². The number of hydrogen-bond donors (Lipinski definition) is 0. The zero-order valence-electron chi connectivity index (χ0n) is 11.1. The summed E-state index contributed by atoms with van der Waals surface area (Å²) in [6.45, 7) is 7.94. The summed E-state index contributed by atoms with van der Waals surface area (Å²) < 4.78 is 43.3. The number of carbonyl (C=O) groups is 1. The number of nitrogens with zero attached hydrogens (tertiary/aromatic N) is 1. The van der Waals surface area contributed by atoms with E-state index in [4.69, 9.17) is 10.00 Å². The van der Waals surface area contributed by atoms with Crippen molar-refractivity contribution in [3.63, 3.8) is 0 Å². The average Bonchev–Trinajstić information content (AvgIpc) is 2.19. The van der Waals surface area contributed by atoms with Crippen LogP contribution in [0, 0.1) is 11.3 Å². The predicted molar refractivity (Wildman–Crippen MR) is 64.0 cm³/mol. The van der Waals surface area contributed by atoms with Gasteiger partial charge in [0.25, 0.3) is 0 Å². The molecule has 19 heavy (non-hydrogen) atoms. The van der Waals surface area contributed by atoms with Crippen LogP contribution in [-0.4, -0.2) is 17.7 Å². The van der Waals surface area contributed by atoms with Crippen molar-refractivity contribution in [3.05, 3.63) is 23.8 Å². The minimum Gasteiger partial charge on any atom is -0.460 e. The van der Waals surface area contributed by atoms with Crippen molar-refractivity contribution in [2.45, 2.75) is 45.4 Å². The highest BCUT2D eigenvalue weighted by Crippen LogP contribution is 2.32. The summed E-state index contributed by atoms with van der Waals surface area (Å²) in [4.78, 5) is 11.4. The van der Waals surface area contributed by atoms with E-state index in [0.717, 1.165) is 0 Å². The maximum absolute atomic E-state index is 12.8. The molecule has 0 saturated heterocycles. The van der Waals surface area contributed by atoms with Crippen molar-refractivity contribution in [2.24, 2.45) is 0 Å². The lowest BCUT2D eigenvalue weighted by atomic mass is 10.0. The molecule has 0 aliphatic rings. The van der Waals surface area contributed by atoms with Crippen molar-refractivity contribution >= 4 is 5.97 Å². The van der Waals surface area contributed by atoms with Crippen LogP contribution in [0.1, 0.15) is 33.6 Å². The fraction of sp³-hybridized carbons (Fsp3) is 0.538. The standard InChI is InChI=1S/C13H16F3NO2/c1-5-6-9(8-17)10(13(14,15)16)7-11(18)19-12(2,3)4/h5H,1,6-7H2,2-4H3/b10-9-. The minimum absolute atomic E-state index is 0.242. The first kappa shape index (κ1) is 17.2. The third kappa shape index (κ3) is 6.65. The number of esters is 1. The third-order valence-electron chi connectivity index (χ3n) is 1.93. The van der Waals surface area contributed by atoms with Crippen LogP contribution in [0.2, 0.25) is 0 Å². The van der Waals surface area contributed by atoms with E-state index >= 15 is 0 Å². The zero-order chi connectivity index (χ0) is 15.3. The Morgan fingerprint density at radius 2 is 1.89 bits per heavy atom. The number of hydrogen-bond acceptors (Lipinski definition) is 3. The number of ether oxygens (including phenoxy) is 1. The second-order valence-corrected chi connectivity index (χ2v) is 4.82. The van der Waals surface area contributed by atoms with E-state index in [-0.39, 0.29) is 6.42 Å². The molecule has 0 N–H and O–H groups in total.